The van der Waals surface area contributed by atoms with Gasteiger partial charge in [0.1, 0.15) is 0 Å². The van der Waals surface area contributed by atoms with Crippen LogP contribution in [-0.4, -0.2) is 34.3 Å². The Balaban J connectivity index is 2.80. The number of hydrazone groups is 1. The first-order valence-corrected chi connectivity index (χ1v) is 8.90. The quantitative estimate of drug-likeness (QED) is 0.221. The number of hydrogen-bond donors (Lipinski definition) is 0. The van der Waals surface area contributed by atoms with Gasteiger partial charge in [0.25, 0.3) is 0 Å². The molecule has 0 unspecified atom stereocenters. The minimum absolute atomic E-state index is 0.381. The topological polar surface area (TPSA) is 71.6 Å². The molecular formula is C16H23ClN4O2S. The van der Waals surface area contributed by atoms with Crippen molar-refractivity contribution in [3.05, 3.63) is 49.0 Å². The smallest absolute Gasteiger partial charge is 0.205 e. The van der Waals surface area contributed by atoms with Gasteiger partial charge in [-0.15, -0.1) is 11.3 Å². The Morgan fingerprint density at radius 1 is 1.50 bits per heavy atom. The number of halogens is 1. The van der Waals surface area contributed by atoms with Gasteiger partial charge in [0, 0.05) is 24.7 Å². The molecule has 1 heterocycles. The molecule has 1 rings (SSSR count). The van der Waals surface area contributed by atoms with E-state index in [1.165, 1.54) is 11.3 Å². The fourth-order valence-corrected chi connectivity index (χ4v) is 3.31. The standard InChI is InChI=1S/C16H23ClN4O2S/c1-5-7-12(2)11-20(4)15(19-21(22)23)13(3)8-6-9-14-10-18-16(17)24-14/h7-8,10H,5-6,9,11H2,1-4H3/b12-7-,13-8+,19-15+. The molecule has 0 saturated carbocycles. The van der Waals surface area contributed by atoms with E-state index in [4.69, 9.17) is 11.6 Å². The van der Waals surface area contributed by atoms with E-state index in [2.05, 4.69) is 23.1 Å². The number of rotatable bonds is 8. The molecular weight excluding hydrogens is 348 g/mol. The monoisotopic (exact) mass is 370 g/mol. The lowest BCUT2D eigenvalue weighted by atomic mass is 10.1. The highest BCUT2D eigenvalue weighted by molar-refractivity contribution is 7.15. The predicted molar refractivity (Wildman–Crippen MR) is 100 cm³/mol. The van der Waals surface area contributed by atoms with Gasteiger partial charge in [-0.2, -0.15) is 0 Å². The molecule has 0 fully saturated rings. The van der Waals surface area contributed by atoms with Gasteiger partial charge in [-0.1, -0.05) is 36.2 Å². The normalized spacial score (nSPS) is 13.3. The third-order valence-corrected chi connectivity index (χ3v) is 4.47. The first-order chi connectivity index (χ1) is 11.3. The second kappa shape index (κ2) is 10.2. The molecule has 0 aliphatic heterocycles. The summed E-state index contributed by atoms with van der Waals surface area (Å²) in [5.74, 6) is 0.381. The molecule has 0 bridgehead atoms. The Morgan fingerprint density at radius 2 is 2.21 bits per heavy atom. The molecule has 132 valence electrons. The third-order valence-electron chi connectivity index (χ3n) is 3.30. The molecule has 1 aromatic rings. The highest BCUT2D eigenvalue weighted by Gasteiger charge is 2.14. The van der Waals surface area contributed by atoms with Gasteiger partial charge in [-0.3, -0.25) is 0 Å². The van der Waals surface area contributed by atoms with Crippen LogP contribution in [0.4, 0.5) is 0 Å². The van der Waals surface area contributed by atoms with E-state index in [1.54, 1.807) is 11.1 Å². The third kappa shape index (κ3) is 7.23. The zero-order valence-electron chi connectivity index (χ0n) is 14.5. The van der Waals surface area contributed by atoms with E-state index >= 15 is 0 Å². The number of likely N-dealkylation sites (N-methyl/N-ethyl adjacent to an activating group) is 1. The predicted octanol–water partition coefficient (Wildman–Crippen LogP) is 4.55. The second-order valence-electron chi connectivity index (χ2n) is 5.48. The highest BCUT2D eigenvalue weighted by Crippen LogP contribution is 2.19. The summed E-state index contributed by atoms with van der Waals surface area (Å²) in [4.78, 5) is 17.8. The van der Waals surface area contributed by atoms with Gasteiger partial charge in [0.2, 0.25) is 5.84 Å². The van der Waals surface area contributed by atoms with Gasteiger partial charge in [0.05, 0.1) is 5.10 Å². The molecule has 0 N–H and O–H groups in total. The largest absolute Gasteiger partial charge is 0.350 e. The van der Waals surface area contributed by atoms with Crippen molar-refractivity contribution in [2.45, 2.75) is 40.0 Å². The van der Waals surface area contributed by atoms with Gasteiger partial charge < -0.3 is 4.90 Å². The van der Waals surface area contributed by atoms with Crippen LogP contribution < -0.4 is 0 Å². The lowest BCUT2D eigenvalue weighted by Gasteiger charge is -2.20. The van der Waals surface area contributed by atoms with E-state index in [0.717, 1.165) is 35.3 Å². The van der Waals surface area contributed by atoms with Gasteiger partial charge in [-0.25, -0.2) is 15.1 Å². The molecule has 0 aliphatic carbocycles. The summed E-state index contributed by atoms with van der Waals surface area (Å²) in [6.45, 7) is 6.52. The van der Waals surface area contributed by atoms with Crippen molar-refractivity contribution in [2.75, 3.05) is 13.6 Å². The molecule has 0 amide bonds. The van der Waals surface area contributed by atoms with Crippen LogP contribution in [0.3, 0.4) is 0 Å². The maximum absolute atomic E-state index is 10.9. The lowest BCUT2D eigenvalue weighted by Crippen LogP contribution is -2.30. The maximum atomic E-state index is 10.9. The van der Waals surface area contributed by atoms with E-state index in [9.17, 15) is 10.1 Å². The first kappa shape index (κ1) is 20.3. The summed E-state index contributed by atoms with van der Waals surface area (Å²) in [7, 11) is 1.82. The number of aryl methyl sites for hydroxylation is 1. The minimum Gasteiger partial charge on any atom is -0.350 e. The average Bonchev–Trinajstić information content (AvgIpc) is 2.90. The minimum atomic E-state index is -0.648. The van der Waals surface area contributed by atoms with Crippen molar-refractivity contribution >= 4 is 28.8 Å². The second-order valence-corrected chi connectivity index (χ2v) is 7.18. The van der Waals surface area contributed by atoms with Crippen molar-refractivity contribution < 1.29 is 5.03 Å². The van der Waals surface area contributed by atoms with E-state index in [1.807, 2.05) is 27.0 Å². The van der Waals surface area contributed by atoms with Crippen LogP contribution in [0, 0.1) is 10.1 Å². The molecule has 0 aromatic carbocycles. The summed E-state index contributed by atoms with van der Waals surface area (Å²) in [5.41, 5.74) is 1.94. The fourth-order valence-electron chi connectivity index (χ4n) is 2.32. The van der Waals surface area contributed by atoms with Gasteiger partial charge >= 0.3 is 0 Å². The van der Waals surface area contributed by atoms with Crippen LogP contribution in [0.2, 0.25) is 4.47 Å². The maximum Gasteiger partial charge on any atom is 0.205 e. The Labute approximate surface area is 151 Å². The van der Waals surface area contributed by atoms with Gasteiger partial charge in [0.15, 0.2) is 9.50 Å². The molecule has 1 aromatic heterocycles. The zero-order chi connectivity index (χ0) is 18.1. The molecule has 0 saturated heterocycles. The van der Waals surface area contributed by atoms with Gasteiger partial charge in [-0.05, 0) is 38.7 Å². The van der Waals surface area contributed by atoms with Crippen LogP contribution in [-0.2, 0) is 6.42 Å². The fraction of sp³-hybridized carbons (Fsp3) is 0.500. The van der Waals surface area contributed by atoms with Crippen LogP contribution in [0.15, 0.2) is 34.6 Å². The number of thiazole rings is 1. The number of amidine groups is 1. The zero-order valence-corrected chi connectivity index (χ0v) is 16.0. The molecule has 8 heteroatoms. The first-order valence-electron chi connectivity index (χ1n) is 7.70. The molecule has 0 radical (unpaired) electrons. The van der Waals surface area contributed by atoms with E-state index in [-0.39, 0.29) is 0 Å². The van der Waals surface area contributed by atoms with Crippen LogP contribution in [0.25, 0.3) is 0 Å². The van der Waals surface area contributed by atoms with E-state index < -0.39 is 5.03 Å². The van der Waals surface area contributed by atoms with Crippen molar-refractivity contribution in [2.24, 2.45) is 5.10 Å². The lowest BCUT2D eigenvalue weighted by molar-refractivity contribution is -0.485. The Kier molecular flexibility index (Phi) is 8.63. The number of aromatic nitrogens is 1. The summed E-state index contributed by atoms with van der Waals surface area (Å²) in [5, 5.41) is 13.8. The van der Waals surface area contributed by atoms with Crippen molar-refractivity contribution in [3.8, 4) is 0 Å². The van der Waals surface area contributed by atoms with Crippen LogP contribution in [0.1, 0.15) is 38.5 Å². The molecule has 0 spiro atoms. The van der Waals surface area contributed by atoms with Crippen molar-refractivity contribution in [1.29, 1.82) is 0 Å². The Bertz CT molecular complexity index is 652. The summed E-state index contributed by atoms with van der Waals surface area (Å²) in [6, 6.07) is 0. The Morgan fingerprint density at radius 3 is 2.75 bits per heavy atom. The molecule has 0 aliphatic rings. The molecule has 0 atom stereocenters. The van der Waals surface area contributed by atoms with Crippen LogP contribution in [0.5, 0.6) is 0 Å². The SMILES string of the molecule is CC/C=C(/C)CN(C)C(=N/[N+](=O)[O-])/C(C)=C/CCc1cnc(Cl)s1. The van der Waals surface area contributed by atoms with Crippen molar-refractivity contribution in [3.63, 3.8) is 0 Å². The summed E-state index contributed by atoms with van der Waals surface area (Å²) in [6.07, 6.45) is 8.31. The number of allylic oxidation sites excluding steroid dienone is 2. The summed E-state index contributed by atoms with van der Waals surface area (Å²) >= 11 is 7.26. The van der Waals surface area contributed by atoms with Crippen LogP contribution >= 0.6 is 22.9 Å². The number of nitro groups is 1. The van der Waals surface area contributed by atoms with Crippen molar-refractivity contribution in [1.82, 2.24) is 9.88 Å². The molecule has 6 nitrogen and oxygen atoms in total. The molecule has 24 heavy (non-hydrogen) atoms. The Hall–Kier alpha value is -1.73. The van der Waals surface area contributed by atoms with E-state index in [0.29, 0.717) is 16.8 Å². The summed E-state index contributed by atoms with van der Waals surface area (Å²) < 4.78 is 0.527. The number of hydrogen-bond acceptors (Lipinski definition) is 4. The highest BCUT2D eigenvalue weighted by atomic mass is 35.5. The average molecular weight is 371 g/mol. The number of nitrogens with zero attached hydrogens (tertiary/aromatic N) is 4.